The molecule has 0 radical (unpaired) electrons. The number of para-hydroxylation sites is 2. The molecule has 2 rings (SSSR count). The third-order valence-corrected chi connectivity index (χ3v) is 3.97. The number of alkyl halides is 2. The summed E-state index contributed by atoms with van der Waals surface area (Å²) < 4.78 is 27.3. The van der Waals surface area contributed by atoms with Crippen LogP contribution in [-0.4, -0.2) is 33.8 Å². The van der Waals surface area contributed by atoms with E-state index in [1.165, 1.54) is 6.07 Å². The van der Waals surface area contributed by atoms with Crippen LogP contribution in [0.25, 0.3) is 11.0 Å². The number of fused-ring (bicyclic) bond motifs is 1. The van der Waals surface area contributed by atoms with Gasteiger partial charge in [-0.15, -0.1) is 0 Å². The summed E-state index contributed by atoms with van der Waals surface area (Å²) in [5.41, 5.74) is 0.723. The molecule has 24 heavy (non-hydrogen) atoms. The van der Waals surface area contributed by atoms with Gasteiger partial charge in [0.2, 0.25) is 5.91 Å². The molecule has 0 spiro atoms. The molecule has 0 fully saturated rings. The highest BCUT2D eigenvalue weighted by Crippen LogP contribution is 2.28. The van der Waals surface area contributed by atoms with Crippen LogP contribution in [0.1, 0.15) is 20.4 Å². The molecule has 0 atom stereocenters. The summed E-state index contributed by atoms with van der Waals surface area (Å²) in [7, 11) is 0. The summed E-state index contributed by atoms with van der Waals surface area (Å²) in [6.07, 6.45) is 0. The monoisotopic (exact) mass is 356 g/mol. The van der Waals surface area contributed by atoms with Crippen LogP contribution in [0, 0.1) is 5.92 Å². The Morgan fingerprint density at radius 3 is 2.67 bits per heavy atom. The van der Waals surface area contributed by atoms with E-state index in [0.717, 1.165) is 16.3 Å². The molecular formula is C15H18F2N4O2S. The topological polar surface area (TPSA) is 76.0 Å². The van der Waals surface area contributed by atoms with E-state index in [-0.39, 0.29) is 16.8 Å². The van der Waals surface area contributed by atoms with Crippen LogP contribution >= 0.6 is 11.8 Å². The van der Waals surface area contributed by atoms with E-state index >= 15 is 0 Å². The molecule has 3 amide bonds. The number of carbonyl (C=O) groups excluding carboxylic acids is 2. The highest BCUT2D eigenvalue weighted by atomic mass is 32.2. The summed E-state index contributed by atoms with van der Waals surface area (Å²) in [6.45, 7) is 1.52. The third-order valence-electron chi connectivity index (χ3n) is 3.01. The fourth-order valence-electron chi connectivity index (χ4n) is 1.95. The maximum absolute atomic E-state index is 13.2. The molecule has 1 heterocycles. The van der Waals surface area contributed by atoms with Crippen LogP contribution < -0.4 is 10.6 Å². The van der Waals surface area contributed by atoms with E-state index in [2.05, 4.69) is 15.6 Å². The van der Waals surface area contributed by atoms with Gasteiger partial charge in [-0.3, -0.25) is 14.7 Å². The first-order valence-electron chi connectivity index (χ1n) is 7.34. The molecule has 0 bridgehead atoms. The Bertz CT molecular complexity index is 733. The lowest BCUT2D eigenvalue weighted by Crippen LogP contribution is -2.41. The molecule has 0 saturated carbocycles. The number of nitrogens with one attached hydrogen (secondary N) is 2. The number of nitrogens with zero attached hydrogens (tertiary/aromatic N) is 2. The van der Waals surface area contributed by atoms with Gasteiger partial charge in [0.1, 0.15) is 0 Å². The van der Waals surface area contributed by atoms with Gasteiger partial charge in [-0.25, -0.2) is 9.78 Å². The molecule has 1 aromatic carbocycles. The smallest absolute Gasteiger partial charge is 0.321 e. The van der Waals surface area contributed by atoms with Gasteiger partial charge in [-0.1, -0.05) is 37.7 Å². The minimum atomic E-state index is -2.77. The number of imidazole rings is 1. The molecule has 6 nitrogen and oxygen atoms in total. The molecule has 0 aliphatic heterocycles. The van der Waals surface area contributed by atoms with Gasteiger partial charge in [0.15, 0.2) is 5.16 Å². The van der Waals surface area contributed by atoms with Gasteiger partial charge in [0, 0.05) is 6.54 Å². The maximum atomic E-state index is 13.2. The molecule has 1 aromatic heterocycles. The zero-order valence-electron chi connectivity index (χ0n) is 13.3. The van der Waals surface area contributed by atoms with Crippen molar-refractivity contribution in [2.45, 2.75) is 25.6 Å². The molecular weight excluding hydrogens is 338 g/mol. The zero-order valence-corrected chi connectivity index (χ0v) is 14.1. The molecule has 0 unspecified atom stereocenters. The Labute approximate surface area is 142 Å². The average Bonchev–Trinajstić information content (AvgIpc) is 2.89. The van der Waals surface area contributed by atoms with Crippen molar-refractivity contribution in [3.63, 3.8) is 0 Å². The quantitative estimate of drug-likeness (QED) is 0.780. The number of benzene rings is 1. The number of amides is 3. The van der Waals surface area contributed by atoms with Crippen LogP contribution in [0.15, 0.2) is 29.4 Å². The molecule has 9 heteroatoms. The third kappa shape index (κ3) is 4.67. The number of hydrogen-bond acceptors (Lipinski definition) is 4. The molecule has 0 aliphatic rings. The number of rotatable bonds is 6. The van der Waals surface area contributed by atoms with Crippen molar-refractivity contribution in [1.82, 2.24) is 20.2 Å². The number of halogens is 2. The molecule has 0 saturated heterocycles. The average molecular weight is 356 g/mol. The lowest BCUT2D eigenvalue weighted by Gasteiger charge is -2.09. The minimum Gasteiger partial charge on any atom is -0.338 e. The number of thioether (sulfide) groups is 1. The zero-order chi connectivity index (χ0) is 17.7. The van der Waals surface area contributed by atoms with Crippen LogP contribution in [0.3, 0.4) is 0 Å². The van der Waals surface area contributed by atoms with Crippen LogP contribution in [-0.2, 0) is 4.79 Å². The maximum Gasteiger partial charge on any atom is 0.321 e. The largest absolute Gasteiger partial charge is 0.338 e. The normalized spacial score (nSPS) is 11.2. The second-order valence-corrected chi connectivity index (χ2v) is 6.41. The molecule has 130 valence electrons. The van der Waals surface area contributed by atoms with Crippen molar-refractivity contribution in [1.29, 1.82) is 0 Å². The highest BCUT2D eigenvalue weighted by Gasteiger charge is 2.19. The number of imide groups is 1. The Balaban J connectivity index is 1.99. The lowest BCUT2D eigenvalue weighted by molar-refractivity contribution is -0.117. The van der Waals surface area contributed by atoms with Gasteiger partial charge >= 0.3 is 12.6 Å². The Morgan fingerprint density at radius 2 is 2.00 bits per heavy atom. The van der Waals surface area contributed by atoms with Crippen molar-refractivity contribution < 1.29 is 18.4 Å². The van der Waals surface area contributed by atoms with Crippen molar-refractivity contribution >= 4 is 34.7 Å². The van der Waals surface area contributed by atoms with Gasteiger partial charge in [-0.2, -0.15) is 8.78 Å². The van der Waals surface area contributed by atoms with Gasteiger partial charge in [-0.05, 0) is 18.1 Å². The van der Waals surface area contributed by atoms with Crippen molar-refractivity contribution in [3.05, 3.63) is 24.3 Å². The van der Waals surface area contributed by atoms with Crippen molar-refractivity contribution in [2.24, 2.45) is 5.92 Å². The van der Waals surface area contributed by atoms with E-state index in [4.69, 9.17) is 0 Å². The summed E-state index contributed by atoms with van der Waals surface area (Å²) in [6, 6.07) is 5.90. The predicted molar refractivity (Wildman–Crippen MR) is 88.1 cm³/mol. The van der Waals surface area contributed by atoms with Crippen molar-refractivity contribution in [2.75, 3.05) is 12.3 Å². The second-order valence-electron chi connectivity index (χ2n) is 5.47. The summed E-state index contributed by atoms with van der Waals surface area (Å²) in [5, 5.41) is 4.73. The van der Waals surface area contributed by atoms with Gasteiger partial charge in [0.25, 0.3) is 0 Å². The van der Waals surface area contributed by atoms with Gasteiger partial charge in [0.05, 0.1) is 16.8 Å². The van der Waals surface area contributed by atoms with Crippen LogP contribution in [0.2, 0.25) is 0 Å². The minimum absolute atomic E-state index is 0.0314. The van der Waals surface area contributed by atoms with Crippen molar-refractivity contribution in [3.8, 4) is 0 Å². The molecule has 0 aliphatic carbocycles. The lowest BCUT2D eigenvalue weighted by atomic mass is 10.2. The first kappa shape index (κ1) is 18.2. The SMILES string of the molecule is CC(C)CNC(=O)NC(=O)CSc1nc2ccccc2n1C(F)F. The standard InChI is InChI=1S/C15H18F2N4O2S/c1-9(2)7-18-14(23)20-12(22)8-24-15-19-10-5-3-4-6-11(10)21(15)13(16)17/h3-6,9,13H,7-8H2,1-2H3,(H2,18,20,22,23). The van der Waals surface area contributed by atoms with Crippen LogP contribution in [0.4, 0.5) is 13.6 Å². The Hall–Kier alpha value is -2.16. The Kier molecular flexibility index (Phi) is 6.13. The fraction of sp³-hybridized carbons (Fsp3) is 0.400. The first-order chi connectivity index (χ1) is 11.4. The number of carbonyl (C=O) groups is 2. The summed E-state index contributed by atoms with van der Waals surface area (Å²) in [4.78, 5) is 27.4. The fourth-order valence-corrected chi connectivity index (χ4v) is 2.76. The number of hydrogen-bond donors (Lipinski definition) is 2. The molecule has 2 N–H and O–H groups in total. The van der Waals surface area contributed by atoms with E-state index in [0.29, 0.717) is 17.6 Å². The van der Waals surface area contributed by atoms with E-state index in [1.807, 2.05) is 13.8 Å². The van der Waals surface area contributed by atoms with E-state index in [1.54, 1.807) is 18.2 Å². The Morgan fingerprint density at radius 1 is 1.29 bits per heavy atom. The van der Waals surface area contributed by atoms with E-state index in [9.17, 15) is 18.4 Å². The van der Waals surface area contributed by atoms with Gasteiger partial charge < -0.3 is 5.32 Å². The summed E-state index contributed by atoms with van der Waals surface area (Å²) >= 11 is 0.855. The first-order valence-corrected chi connectivity index (χ1v) is 8.32. The summed E-state index contributed by atoms with van der Waals surface area (Å²) in [5.74, 6) is -0.509. The number of aromatic nitrogens is 2. The highest BCUT2D eigenvalue weighted by molar-refractivity contribution is 7.99. The van der Waals surface area contributed by atoms with Crippen LogP contribution in [0.5, 0.6) is 0 Å². The second kappa shape index (κ2) is 8.09. The van der Waals surface area contributed by atoms with E-state index < -0.39 is 18.5 Å². The molecule has 2 aromatic rings. The number of urea groups is 1. The predicted octanol–water partition coefficient (Wildman–Crippen LogP) is 3.01.